The minimum absolute atomic E-state index is 0.00444. The summed E-state index contributed by atoms with van der Waals surface area (Å²) in [5.41, 5.74) is -0.572. The highest BCUT2D eigenvalue weighted by atomic mass is 32.2. The SMILES string of the molecule is CS(=O)(=O)CC(=O)Nc1c2c(nn1-c1ccccn1)C[C@@]1(CCc3cc(OCC(F)(F)F)cc(F)c31)NC2=O. The zero-order chi connectivity index (χ0) is 28.2. The first-order valence-electron chi connectivity index (χ1n) is 11.6. The monoisotopic (exact) mass is 567 g/mol. The van der Waals surface area contributed by atoms with Gasteiger partial charge in [0.15, 0.2) is 28.1 Å². The lowest BCUT2D eigenvalue weighted by Gasteiger charge is -2.35. The van der Waals surface area contributed by atoms with Crippen LogP contribution >= 0.6 is 0 Å². The third-order valence-electron chi connectivity index (χ3n) is 6.37. The Bertz CT molecular complexity index is 1590. The van der Waals surface area contributed by atoms with Crippen molar-refractivity contribution >= 4 is 27.5 Å². The normalized spacial score (nSPS) is 18.4. The number of anilines is 1. The number of hydrogen-bond donors (Lipinski definition) is 2. The summed E-state index contributed by atoms with van der Waals surface area (Å²) >= 11 is 0. The number of halogens is 4. The number of pyridine rings is 1. The lowest BCUT2D eigenvalue weighted by atomic mass is 9.82. The molecule has 15 heteroatoms. The second kappa shape index (κ2) is 9.32. The van der Waals surface area contributed by atoms with Crippen molar-refractivity contribution in [1.29, 1.82) is 0 Å². The van der Waals surface area contributed by atoms with Gasteiger partial charge in [0, 0.05) is 30.5 Å². The Morgan fingerprint density at radius 3 is 2.72 bits per heavy atom. The maximum Gasteiger partial charge on any atom is 0.422 e. The molecule has 1 atom stereocenters. The van der Waals surface area contributed by atoms with Gasteiger partial charge in [-0.05, 0) is 36.6 Å². The van der Waals surface area contributed by atoms with Gasteiger partial charge in [0.1, 0.15) is 22.9 Å². The van der Waals surface area contributed by atoms with Gasteiger partial charge in [-0.3, -0.25) is 9.59 Å². The van der Waals surface area contributed by atoms with Crippen LogP contribution < -0.4 is 15.4 Å². The van der Waals surface area contributed by atoms with Crippen LogP contribution in [0.2, 0.25) is 0 Å². The highest BCUT2D eigenvalue weighted by Crippen LogP contribution is 2.46. The molecule has 1 aliphatic carbocycles. The van der Waals surface area contributed by atoms with Crippen LogP contribution in [0.25, 0.3) is 5.82 Å². The van der Waals surface area contributed by atoms with Crippen LogP contribution in [0.5, 0.6) is 5.75 Å². The molecule has 10 nitrogen and oxygen atoms in total. The van der Waals surface area contributed by atoms with E-state index in [0.29, 0.717) is 5.56 Å². The van der Waals surface area contributed by atoms with Crippen molar-refractivity contribution in [2.75, 3.05) is 23.9 Å². The second-order valence-corrected chi connectivity index (χ2v) is 11.6. The number of nitrogens with one attached hydrogen (secondary N) is 2. The molecule has 2 aromatic heterocycles. The van der Waals surface area contributed by atoms with E-state index in [1.54, 1.807) is 18.2 Å². The van der Waals surface area contributed by atoms with Crippen LogP contribution in [-0.2, 0) is 33.0 Å². The van der Waals surface area contributed by atoms with Crippen molar-refractivity contribution in [3.63, 3.8) is 0 Å². The Kier molecular flexibility index (Phi) is 6.36. The molecule has 0 saturated carbocycles. The molecule has 39 heavy (non-hydrogen) atoms. The summed E-state index contributed by atoms with van der Waals surface area (Å²) in [6.45, 7) is -1.57. The number of ether oxygens (including phenoxy) is 1. The molecule has 0 fully saturated rings. The third-order valence-corrected chi connectivity index (χ3v) is 7.16. The predicted octanol–water partition coefficient (Wildman–Crippen LogP) is 2.46. The third kappa shape index (κ3) is 5.30. The Morgan fingerprint density at radius 1 is 1.28 bits per heavy atom. The van der Waals surface area contributed by atoms with Crippen LogP contribution in [0.1, 0.15) is 33.6 Å². The molecule has 206 valence electrons. The standard InChI is InChI=1S/C24H21F4N5O5S/c1-39(36,37)11-18(34)30-21-19-16(32-33(21)17-4-2-3-7-29-17)10-23(31-22(19)35)6-5-13-8-14(9-15(25)20(13)23)38-12-24(26,27)28/h2-4,7-9H,5-6,10-12H2,1H3,(H,30,34)(H,31,35)/t23-/m1/s1. The number of carbonyl (C=O) groups is 2. The van der Waals surface area contributed by atoms with E-state index in [1.807, 2.05) is 0 Å². The molecule has 1 spiro atoms. The highest BCUT2D eigenvalue weighted by Gasteiger charge is 2.48. The first-order chi connectivity index (χ1) is 18.2. The smallest absolute Gasteiger partial charge is 0.422 e. The average Bonchev–Trinajstić information content (AvgIpc) is 3.35. The molecule has 0 saturated heterocycles. The number of aromatic nitrogens is 3. The van der Waals surface area contributed by atoms with Crippen LogP contribution in [-0.4, -0.2) is 59.8 Å². The van der Waals surface area contributed by atoms with E-state index >= 15 is 4.39 Å². The zero-order valence-electron chi connectivity index (χ0n) is 20.3. The quantitative estimate of drug-likeness (QED) is 0.438. The number of fused-ring (bicyclic) bond motifs is 3. The van der Waals surface area contributed by atoms with E-state index in [0.717, 1.165) is 12.3 Å². The summed E-state index contributed by atoms with van der Waals surface area (Å²) in [4.78, 5) is 30.1. The molecule has 2 aliphatic rings. The number of alkyl halides is 3. The lowest BCUT2D eigenvalue weighted by Crippen LogP contribution is -2.50. The van der Waals surface area contributed by atoms with Crippen molar-refractivity contribution in [3.05, 3.63) is 64.7 Å². The molecule has 3 heterocycles. The first kappa shape index (κ1) is 26.6. The van der Waals surface area contributed by atoms with Crippen molar-refractivity contribution in [2.24, 2.45) is 0 Å². The highest BCUT2D eigenvalue weighted by molar-refractivity contribution is 7.91. The number of nitrogens with zero attached hydrogens (tertiary/aromatic N) is 3. The maximum atomic E-state index is 15.3. The molecular formula is C24H21F4N5O5S. The van der Waals surface area contributed by atoms with E-state index in [9.17, 15) is 31.2 Å². The molecule has 2 amide bonds. The van der Waals surface area contributed by atoms with Crippen LogP contribution in [0, 0.1) is 5.82 Å². The van der Waals surface area contributed by atoms with E-state index in [2.05, 4.69) is 20.7 Å². The van der Waals surface area contributed by atoms with Crippen molar-refractivity contribution in [1.82, 2.24) is 20.1 Å². The molecule has 3 aromatic rings. The van der Waals surface area contributed by atoms with Gasteiger partial charge in [-0.15, -0.1) is 0 Å². The van der Waals surface area contributed by atoms with E-state index < -0.39 is 51.5 Å². The van der Waals surface area contributed by atoms with Crippen molar-refractivity contribution < 1.29 is 40.3 Å². The van der Waals surface area contributed by atoms with Gasteiger partial charge in [-0.1, -0.05) is 6.07 Å². The van der Waals surface area contributed by atoms with Gasteiger partial charge >= 0.3 is 6.18 Å². The van der Waals surface area contributed by atoms with E-state index in [1.165, 1.54) is 16.9 Å². The number of benzene rings is 1. The molecule has 1 aliphatic heterocycles. The van der Waals surface area contributed by atoms with Crippen LogP contribution in [0.3, 0.4) is 0 Å². The van der Waals surface area contributed by atoms with Gasteiger partial charge in [0.2, 0.25) is 5.91 Å². The van der Waals surface area contributed by atoms with Gasteiger partial charge in [0.05, 0.1) is 11.2 Å². The minimum atomic E-state index is -4.59. The molecule has 2 N–H and O–H groups in total. The molecule has 0 bridgehead atoms. The summed E-state index contributed by atoms with van der Waals surface area (Å²) in [5.74, 6) is -3.41. The summed E-state index contributed by atoms with van der Waals surface area (Å²) in [6.07, 6.45) is -1.76. The molecule has 0 unspecified atom stereocenters. The molecule has 1 aromatic carbocycles. The molecular weight excluding hydrogens is 546 g/mol. The number of amides is 2. The minimum Gasteiger partial charge on any atom is -0.484 e. The summed E-state index contributed by atoms with van der Waals surface area (Å²) in [5, 5.41) is 9.72. The summed E-state index contributed by atoms with van der Waals surface area (Å²) in [6, 6.07) is 7.02. The number of carbonyl (C=O) groups excluding carboxylic acids is 2. The number of aryl methyl sites for hydroxylation is 1. The van der Waals surface area contributed by atoms with Gasteiger partial charge in [-0.25, -0.2) is 17.8 Å². The fourth-order valence-electron chi connectivity index (χ4n) is 4.99. The number of rotatable bonds is 6. The fraction of sp³-hybridized carbons (Fsp3) is 0.333. The Hall–Kier alpha value is -4.01. The number of hydrogen-bond acceptors (Lipinski definition) is 7. The molecule has 5 rings (SSSR count). The average molecular weight is 568 g/mol. The Balaban J connectivity index is 1.54. The van der Waals surface area contributed by atoms with Crippen LogP contribution in [0.4, 0.5) is 23.4 Å². The summed E-state index contributed by atoms with van der Waals surface area (Å²) in [7, 11) is -3.68. The number of sulfone groups is 1. The summed E-state index contributed by atoms with van der Waals surface area (Å²) < 4.78 is 82.2. The van der Waals surface area contributed by atoms with Gasteiger partial charge in [-0.2, -0.15) is 23.0 Å². The predicted molar refractivity (Wildman–Crippen MR) is 129 cm³/mol. The van der Waals surface area contributed by atoms with Crippen LogP contribution in [0.15, 0.2) is 36.5 Å². The zero-order valence-corrected chi connectivity index (χ0v) is 21.1. The van der Waals surface area contributed by atoms with Gasteiger partial charge < -0.3 is 15.4 Å². The second-order valence-electron chi connectivity index (χ2n) is 9.44. The fourth-order valence-corrected chi connectivity index (χ4v) is 5.54. The molecule has 0 radical (unpaired) electrons. The van der Waals surface area contributed by atoms with E-state index in [4.69, 9.17) is 4.74 Å². The van der Waals surface area contributed by atoms with Gasteiger partial charge in [0.25, 0.3) is 5.91 Å². The Morgan fingerprint density at radius 2 is 2.05 bits per heavy atom. The van der Waals surface area contributed by atoms with Crippen molar-refractivity contribution in [3.8, 4) is 11.6 Å². The lowest BCUT2D eigenvalue weighted by molar-refractivity contribution is -0.153. The maximum absolute atomic E-state index is 15.3. The first-order valence-corrected chi connectivity index (χ1v) is 13.7. The van der Waals surface area contributed by atoms with Crippen molar-refractivity contribution in [2.45, 2.75) is 31.0 Å². The van der Waals surface area contributed by atoms with E-state index in [-0.39, 0.29) is 53.5 Å². The topological polar surface area (TPSA) is 132 Å². The Labute approximate surface area is 219 Å². The largest absolute Gasteiger partial charge is 0.484 e.